The van der Waals surface area contributed by atoms with Gasteiger partial charge in [0.2, 0.25) is 0 Å². The van der Waals surface area contributed by atoms with E-state index >= 15 is 0 Å². The second kappa shape index (κ2) is 11.2. The van der Waals surface area contributed by atoms with Crippen LogP contribution in [0.3, 0.4) is 0 Å². The smallest absolute Gasteiger partial charge is 0.335 e. The van der Waals surface area contributed by atoms with Gasteiger partial charge in [0.05, 0.1) is 12.3 Å². The summed E-state index contributed by atoms with van der Waals surface area (Å²) in [5.41, 5.74) is 1.34. The first-order valence-electron chi connectivity index (χ1n) is 10.8. The summed E-state index contributed by atoms with van der Waals surface area (Å²) in [5, 5.41) is 3.22. The zero-order chi connectivity index (χ0) is 25.8. The van der Waals surface area contributed by atoms with E-state index in [9.17, 15) is 14.4 Å². The molecule has 1 heterocycles. The largest absolute Gasteiger partial charge is 0.490 e. The van der Waals surface area contributed by atoms with Crippen LogP contribution in [-0.2, 0) is 16.2 Å². The van der Waals surface area contributed by atoms with Crippen LogP contribution in [0, 0.1) is 0 Å². The van der Waals surface area contributed by atoms with Gasteiger partial charge in [-0.25, -0.2) is 9.69 Å². The van der Waals surface area contributed by atoms with Crippen LogP contribution in [0.5, 0.6) is 11.5 Å². The molecule has 0 bridgehead atoms. The molecule has 0 unspecified atom stereocenters. The van der Waals surface area contributed by atoms with Crippen molar-refractivity contribution in [2.24, 2.45) is 0 Å². The molecule has 3 aromatic rings. The van der Waals surface area contributed by atoms with Crippen molar-refractivity contribution in [3.05, 3.63) is 91.9 Å². The molecule has 1 aliphatic rings. The Morgan fingerprint density at radius 3 is 2.36 bits per heavy atom. The van der Waals surface area contributed by atoms with Crippen LogP contribution < -0.4 is 19.7 Å². The minimum absolute atomic E-state index is 0.214. The van der Waals surface area contributed by atoms with E-state index in [1.54, 1.807) is 30.3 Å². The number of halogens is 3. The highest BCUT2D eigenvalue weighted by molar-refractivity contribution is 9.10. The van der Waals surface area contributed by atoms with Crippen molar-refractivity contribution in [1.29, 1.82) is 0 Å². The van der Waals surface area contributed by atoms with E-state index in [1.165, 1.54) is 18.2 Å². The lowest BCUT2D eigenvalue weighted by Gasteiger charge is -2.26. The average Bonchev–Trinajstić information content (AvgIpc) is 2.84. The van der Waals surface area contributed by atoms with E-state index in [-0.39, 0.29) is 17.9 Å². The number of nitrogens with one attached hydrogen (secondary N) is 1. The summed E-state index contributed by atoms with van der Waals surface area (Å²) >= 11 is 15.6. The standard InChI is InChI=1S/C26H19BrCl2N2O5/c1-2-35-22-12-16(20(27)13-23(22)36-14-15-5-3-4-6-21(15)29)11-19-24(32)30-26(34)31(25(19)33)18-9-7-17(28)8-10-18/h3-13H,2,14H2,1H3,(H,30,32,34)/b19-11+. The van der Waals surface area contributed by atoms with E-state index < -0.39 is 17.8 Å². The van der Waals surface area contributed by atoms with Crippen molar-refractivity contribution in [2.45, 2.75) is 13.5 Å². The summed E-state index contributed by atoms with van der Waals surface area (Å²) in [4.78, 5) is 39.1. The second-order valence-electron chi connectivity index (χ2n) is 7.57. The first-order valence-corrected chi connectivity index (χ1v) is 12.3. The van der Waals surface area contributed by atoms with Gasteiger partial charge in [-0.2, -0.15) is 0 Å². The fraction of sp³-hybridized carbons (Fsp3) is 0.115. The van der Waals surface area contributed by atoms with Gasteiger partial charge in [0, 0.05) is 20.1 Å². The molecule has 36 heavy (non-hydrogen) atoms. The summed E-state index contributed by atoms with van der Waals surface area (Å²) in [6, 6.07) is 15.9. The van der Waals surface area contributed by atoms with Gasteiger partial charge in [-0.1, -0.05) is 57.3 Å². The fourth-order valence-corrected chi connectivity index (χ4v) is 4.20. The minimum Gasteiger partial charge on any atom is -0.490 e. The molecule has 10 heteroatoms. The summed E-state index contributed by atoms with van der Waals surface area (Å²) in [6.07, 6.45) is 1.39. The second-order valence-corrected chi connectivity index (χ2v) is 9.27. The Bertz CT molecular complexity index is 1380. The SMILES string of the molecule is CCOc1cc(/C=C2\C(=O)NC(=O)N(c3ccc(Cl)cc3)C2=O)c(Br)cc1OCc1ccccc1Cl. The van der Waals surface area contributed by atoms with Gasteiger partial charge in [-0.15, -0.1) is 0 Å². The van der Waals surface area contributed by atoms with Gasteiger partial charge in [0.15, 0.2) is 11.5 Å². The maximum absolute atomic E-state index is 13.2. The number of barbiturate groups is 1. The molecular weight excluding hydrogens is 571 g/mol. The van der Waals surface area contributed by atoms with Gasteiger partial charge in [0.1, 0.15) is 12.2 Å². The van der Waals surface area contributed by atoms with Crippen LogP contribution in [0.15, 0.2) is 70.7 Å². The summed E-state index contributed by atoms with van der Waals surface area (Å²) < 4.78 is 12.2. The number of amides is 4. The van der Waals surface area contributed by atoms with Gasteiger partial charge in [-0.3, -0.25) is 14.9 Å². The van der Waals surface area contributed by atoms with E-state index in [1.807, 2.05) is 25.1 Å². The van der Waals surface area contributed by atoms with Gasteiger partial charge in [-0.05, 0) is 61.0 Å². The number of imide groups is 2. The van der Waals surface area contributed by atoms with Gasteiger partial charge < -0.3 is 9.47 Å². The van der Waals surface area contributed by atoms with E-state index in [0.29, 0.717) is 38.2 Å². The predicted molar refractivity (Wildman–Crippen MR) is 142 cm³/mol. The topological polar surface area (TPSA) is 84.9 Å². The number of benzene rings is 3. The molecule has 0 saturated carbocycles. The Morgan fingerprint density at radius 2 is 1.67 bits per heavy atom. The maximum atomic E-state index is 13.2. The third kappa shape index (κ3) is 5.56. The lowest BCUT2D eigenvalue weighted by Crippen LogP contribution is -2.54. The molecule has 7 nitrogen and oxygen atoms in total. The molecule has 0 atom stereocenters. The third-order valence-electron chi connectivity index (χ3n) is 5.19. The lowest BCUT2D eigenvalue weighted by atomic mass is 10.1. The van der Waals surface area contributed by atoms with Crippen molar-refractivity contribution in [2.75, 3.05) is 11.5 Å². The highest BCUT2D eigenvalue weighted by Crippen LogP contribution is 2.36. The Balaban J connectivity index is 1.67. The fourth-order valence-electron chi connectivity index (χ4n) is 3.45. The lowest BCUT2D eigenvalue weighted by molar-refractivity contribution is -0.122. The van der Waals surface area contributed by atoms with Gasteiger partial charge >= 0.3 is 6.03 Å². The Hall–Kier alpha value is -3.33. The van der Waals surface area contributed by atoms with Crippen molar-refractivity contribution in [1.82, 2.24) is 5.32 Å². The van der Waals surface area contributed by atoms with Crippen LogP contribution in [0.4, 0.5) is 10.5 Å². The Morgan fingerprint density at radius 1 is 0.972 bits per heavy atom. The normalized spacial score (nSPS) is 14.7. The van der Waals surface area contributed by atoms with E-state index in [4.69, 9.17) is 32.7 Å². The van der Waals surface area contributed by atoms with Crippen molar-refractivity contribution >= 4 is 68.7 Å². The maximum Gasteiger partial charge on any atom is 0.335 e. The first kappa shape index (κ1) is 25.8. The van der Waals surface area contributed by atoms with E-state index in [0.717, 1.165) is 10.5 Å². The Kier molecular flexibility index (Phi) is 7.98. The minimum atomic E-state index is -0.845. The molecule has 184 valence electrons. The van der Waals surface area contributed by atoms with Crippen LogP contribution in [-0.4, -0.2) is 24.5 Å². The van der Waals surface area contributed by atoms with Crippen LogP contribution in [0.2, 0.25) is 10.0 Å². The molecule has 1 fully saturated rings. The molecule has 0 aliphatic carbocycles. The number of hydrogen-bond donors (Lipinski definition) is 1. The van der Waals surface area contributed by atoms with Crippen molar-refractivity contribution in [3.8, 4) is 11.5 Å². The number of ether oxygens (including phenoxy) is 2. The quantitative estimate of drug-likeness (QED) is 0.255. The first-order chi connectivity index (χ1) is 17.3. The van der Waals surface area contributed by atoms with E-state index in [2.05, 4.69) is 21.2 Å². The number of nitrogens with zero attached hydrogens (tertiary/aromatic N) is 1. The molecule has 1 N–H and O–H groups in total. The third-order valence-corrected chi connectivity index (χ3v) is 6.50. The molecule has 0 radical (unpaired) electrons. The number of carbonyl (C=O) groups excluding carboxylic acids is 3. The molecule has 0 spiro atoms. The molecule has 0 aromatic heterocycles. The highest BCUT2D eigenvalue weighted by Gasteiger charge is 2.37. The molecular formula is C26H19BrCl2N2O5. The monoisotopic (exact) mass is 588 g/mol. The van der Waals surface area contributed by atoms with Crippen molar-refractivity contribution in [3.63, 3.8) is 0 Å². The zero-order valence-corrected chi connectivity index (χ0v) is 22.0. The molecule has 4 rings (SSSR count). The number of hydrogen-bond acceptors (Lipinski definition) is 5. The van der Waals surface area contributed by atoms with Crippen LogP contribution >= 0.6 is 39.1 Å². The van der Waals surface area contributed by atoms with Crippen LogP contribution in [0.25, 0.3) is 6.08 Å². The summed E-state index contributed by atoms with van der Waals surface area (Å²) in [6.45, 7) is 2.40. The highest BCUT2D eigenvalue weighted by atomic mass is 79.9. The number of anilines is 1. The van der Waals surface area contributed by atoms with Crippen LogP contribution in [0.1, 0.15) is 18.1 Å². The molecule has 4 amide bonds. The van der Waals surface area contributed by atoms with Gasteiger partial charge in [0.25, 0.3) is 11.8 Å². The Labute approximate surface area is 225 Å². The molecule has 1 saturated heterocycles. The molecule has 1 aliphatic heterocycles. The number of carbonyl (C=O) groups is 3. The average molecular weight is 590 g/mol. The summed E-state index contributed by atoms with van der Waals surface area (Å²) in [5.74, 6) is -0.716. The molecule has 3 aromatic carbocycles. The predicted octanol–water partition coefficient (Wildman–Crippen LogP) is 6.40. The zero-order valence-electron chi connectivity index (χ0n) is 18.9. The van der Waals surface area contributed by atoms with Crippen molar-refractivity contribution < 1.29 is 23.9 Å². The number of urea groups is 1. The number of rotatable bonds is 7. The summed E-state index contributed by atoms with van der Waals surface area (Å²) in [7, 11) is 0.